The van der Waals surface area contributed by atoms with E-state index in [2.05, 4.69) is 35.9 Å². The Morgan fingerprint density at radius 3 is 2.47 bits per heavy atom. The van der Waals surface area contributed by atoms with Crippen molar-refractivity contribution in [3.8, 4) is 0 Å². The molecule has 0 aliphatic carbocycles. The molecular weight excluding hydrogens is 212 g/mol. The molecule has 1 atom stereocenters. The Kier molecular flexibility index (Phi) is 3.49. The number of aliphatic hydroxyl groups is 1. The summed E-state index contributed by atoms with van der Waals surface area (Å²) >= 11 is 0. The van der Waals surface area contributed by atoms with E-state index in [0.29, 0.717) is 12.1 Å². The van der Waals surface area contributed by atoms with Gasteiger partial charge in [0.05, 0.1) is 5.69 Å². The lowest BCUT2D eigenvalue weighted by atomic mass is 9.96. The first-order chi connectivity index (χ1) is 8.18. The average molecular weight is 228 g/mol. The van der Waals surface area contributed by atoms with Gasteiger partial charge in [0.1, 0.15) is 12.4 Å². The Balaban J connectivity index is 2.22. The van der Waals surface area contributed by atoms with E-state index in [1.807, 2.05) is 6.07 Å². The lowest BCUT2D eigenvalue weighted by Crippen LogP contribution is -2.06. The summed E-state index contributed by atoms with van der Waals surface area (Å²) in [6.07, 6.45) is 3.13. The second kappa shape index (κ2) is 5.06. The van der Waals surface area contributed by atoms with Gasteiger partial charge in [0.2, 0.25) is 0 Å². The van der Waals surface area contributed by atoms with Gasteiger partial charge in [-0.1, -0.05) is 18.2 Å². The van der Waals surface area contributed by atoms with E-state index in [1.165, 1.54) is 23.0 Å². The predicted octanol–water partition coefficient (Wildman–Crippen LogP) is 2.37. The maximum absolute atomic E-state index is 10.1. The zero-order chi connectivity index (χ0) is 12.3. The maximum atomic E-state index is 10.1. The van der Waals surface area contributed by atoms with Crippen molar-refractivity contribution < 1.29 is 5.11 Å². The van der Waals surface area contributed by atoms with Crippen LogP contribution in [0.4, 0.5) is 0 Å². The fraction of sp³-hybridized carbons (Fsp3) is 0.286. The number of rotatable bonds is 3. The highest BCUT2D eigenvalue weighted by atomic mass is 16.3. The van der Waals surface area contributed by atoms with Crippen LogP contribution < -0.4 is 0 Å². The number of hydrogen-bond acceptors (Lipinski definition) is 3. The third-order valence-electron chi connectivity index (χ3n) is 2.99. The van der Waals surface area contributed by atoms with E-state index in [-0.39, 0.29) is 0 Å². The standard InChI is InChI=1S/C14H16N2O/c1-10-4-3-5-11(2)12(10)8-14(17)13-6-7-15-9-16-13/h3-7,9,14,17H,8H2,1-2H3. The number of nitrogens with zero attached hydrogens (tertiary/aromatic N) is 2. The monoisotopic (exact) mass is 228 g/mol. The first-order valence-corrected chi connectivity index (χ1v) is 5.67. The van der Waals surface area contributed by atoms with Crippen LogP contribution in [0.2, 0.25) is 0 Å². The molecule has 2 rings (SSSR count). The molecule has 0 amide bonds. The van der Waals surface area contributed by atoms with Gasteiger partial charge in [-0.3, -0.25) is 0 Å². The molecule has 1 heterocycles. The lowest BCUT2D eigenvalue weighted by Gasteiger charge is -2.14. The van der Waals surface area contributed by atoms with Crippen molar-refractivity contribution in [2.75, 3.05) is 0 Å². The molecule has 3 heteroatoms. The Labute approximate surface area is 101 Å². The molecule has 3 nitrogen and oxygen atoms in total. The quantitative estimate of drug-likeness (QED) is 0.877. The Morgan fingerprint density at radius 1 is 1.18 bits per heavy atom. The van der Waals surface area contributed by atoms with E-state index in [9.17, 15) is 5.11 Å². The van der Waals surface area contributed by atoms with Crippen molar-refractivity contribution >= 4 is 0 Å². The molecule has 0 fully saturated rings. The highest BCUT2D eigenvalue weighted by Gasteiger charge is 2.12. The largest absolute Gasteiger partial charge is 0.386 e. The number of aliphatic hydroxyl groups excluding tert-OH is 1. The van der Waals surface area contributed by atoms with Gasteiger partial charge in [0.15, 0.2) is 0 Å². The predicted molar refractivity (Wildman–Crippen MR) is 66.6 cm³/mol. The molecule has 0 saturated carbocycles. The Morgan fingerprint density at radius 2 is 1.88 bits per heavy atom. The van der Waals surface area contributed by atoms with Crippen molar-refractivity contribution in [1.82, 2.24) is 9.97 Å². The van der Waals surface area contributed by atoms with Crippen LogP contribution in [0.15, 0.2) is 36.8 Å². The summed E-state index contributed by atoms with van der Waals surface area (Å²) in [4.78, 5) is 7.92. The van der Waals surface area contributed by atoms with Crippen molar-refractivity contribution in [3.05, 3.63) is 59.2 Å². The molecule has 1 N–H and O–H groups in total. The van der Waals surface area contributed by atoms with E-state index in [4.69, 9.17) is 0 Å². The molecule has 0 bridgehead atoms. The highest BCUT2D eigenvalue weighted by Crippen LogP contribution is 2.21. The molecule has 0 aliphatic rings. The van der Waals surface area contributed by atoms with Crippen LogP contribution in [-0.2, 0) is 6.42 Å². The summed E-state index contributed by atoms with van der Waals surface area (Å²) in [5.41, 5.74) is 4.28. The van der Waals surface area contributed by atoms with Crippen LogP contribution in [0.25, 0.3) is 0 Å². The maximum Gasteiger partial charge on any atom is 0.115 e. The van der Waals surface area contributed by atoms with Crippen LogP contribution >= 0.6 is 0 Å². The van der Waals surface area contributed by atoms with Crippen LogP contribution in [0.5, 0.6) is 0 Å². The molecule has 2 aromatic rings. The molecule has 1 unspecified atom stereocenters. The van der Waals surface area contributed by atoms with Gasteiger partial charge < -0.3 is 5.11 Å². The second-order valence-corrected chi connectivity index (χ2v) is 4.22. The van der Waals surface area contributed by atoms with E-state index in [0.717, 1.165) is 0 Å². The van der Waals surface area contributed by atoms with Gasteiger partial charge in [-0.2, -0.15) is 0 Å². The van der Waals surface area contributed by atoms with Crippen LogP contribution in [0.3, 0.4) is 0 Å². The summed E-state index contributed by atoms with van der Waals surface area (Å²) in [6.45, 7) is 4.13. The van der Waals surface area contributed by atoms with Crippen molar-refractivity contribution in [1.29, 1.82) is 0 Å². The first-order valence-electron chi connectivity index (χ1n) is 5.67. The highest BCUT2D eigenvalue weighted by molar-refractivity contribution is 5.34. The summed E-state index contributed by atoms with van der Waals surface area (Å²) in [6, 6.07) is 7.91. The number of aromatic nitrogens is 2. The molecule has 0 spiro atoms. The minimum atomic E-state index is -0.571. The fourth-order valence-electron chi connectivity index (χ4n) is 1.97. The third-order valence-corrected chi connectivity index (χ3v) is 2.99. The number of hydrogen-bond donors (Lipinski definition) is 1. The summed E-state index contributed by atoms with van der Waals surface area (Å²) < 4.78 is 0. The minimum absolute atomic E-state index is 0.571. The van der Waals surface area contributed by atoms with E-state index >= 15 is 0 Å². The SMILES string of the molecule is Cc1cccc(C)c1CC(O)c1ccncn1. The average Bonchev–Trinajstić information content (AvgIpc) is 2.35. The summed E-state index contributed by atoms with van der Waals surface area (Å²) in [7, 11) is 0. The molecule has 88 valence electrons. The number of aryl methyl sites for hydroxylation is 2. The van der Waals surface area contributed by atoms with Gasteiger partial charge in [-0.15, -0.1) is 0 Å². The van der Waals surface area contributed by atoms with Crippen molar-refractivity contribution in [3.63, 3.8) is 0 Å². The van der Waals surface area contributed by atoms with Crippen molar-refractivity contribution in [2.24, 2.45) is 0 Å². The van der Waals surface area contributed by atoms with Crippen LogP contribution in [-0.4, -0.2) is 15.1 Å². The topological polar surface area (TPSA) is 46.0 Å². The fourth-order valence-corrected chi connectivity index (χ4v) is 1.97. The zero-order valence-corrected chi connectivity index (χ0v) is 10.1. The van der Waals surface area contributed by atoms with Crippen LogP contribution in [0.1, 0.15) is 28.5 Å². The lowest BCUT2D eigenvalue weighted by molar-refractivity contribution is 0.173. The van der Waals surface area contributed by atoms with Gasteiger partial charge in [0, 0.05) is 12.6 Å². The number of benzene rings is 1. The molecule has 17 heavy (non-hydrogen) atoms. The normalized spacial score (nSPS) is 12.4. The third kappa shape index (κ3) is 2.68. The van der Waals surface area contributed by atoms with E-state index < -0.39 is 6.10 Å². The summed E-state index contributed by atoms with van der Waals surface area (Å²) in [5, 5.41) is 10.1. The van der Waals surface area contributed by atoms with Gasteiger partial charge in [0.25, 0.3) is 0 Å². The molecule has 0 radical (unpaired) electrons. The molecule has 0 aliphatic heterocycles. The second-order valence-electron chi connectivity index (χ2n) is 4.22. The van der Waals surface area contributed by atoms with Gasteiger partial charge in [-0.05, 0) is 36.6 Å². The Hall–Kier alpha value is -1.74. The first kappa shape index (κ1) is 11.7. The van der Waals surface area contributed by atoms with E-state index in [1.54, 1.807) is 12.3 Å². The minimum Gasteiger partial charge on any atom is -0.386 e. The molecular formula is C14H16N2O. The summed E-state index contributed by atoms with van der Waals surface area (Å²) in [5.74, 6) is 0. The Bertz CT molecular complexity index is 477. The molecule has 0 saturated heterocycles. The van der Waals surface area contributed by atoms with Crippen molar-refractivity contribution in [2.45, 2.75) is 26.4 Å². The van der Waals surface area contributed by atoms with Gasteiger partial charge >= 0.3 is 0 Å². The van der Waals surface area contributed by atoms with Gasteiger partial charge in [-0.25, -0.2) is 9.97 Å². The smallest absolute Gasteiger partial charge is 0.115 e. The zero-order valence-electron chi connectivity index (χ0n) is 10.1. The van der Waals surface area contributed by atoms with Crippen LogP contribution in [0, 0.1) is 13.8 Å². The molecule has 1 aromatic carbocycles. The molecule has 1 aromatic heterocycles.